The van der Waals surface area contributed by atoms with E-state index < -0.39 is 5.12 Å². The number of hydrazone groups is 1. The van der Waals surface area contributed by atoms with E-state index in [1.807, 2.05) is 36.7 Å². The molecule has 5 rings (SSSR count). The van der Waals surface area contributed by atoms with Crippen LogP contribution in [0.25, 0.3) is 4.91 Å². The summed E-state index contributed by atoms with van der Waals surface area (Å²) in [6.07, 6.45) is 7.42. The fourth-order valence-electron chi connectivity index (χ4n) is 4.04. The molecule has 2 N–H and O–H groups in total. The molecule has 0 spiro atoms. The molecule has 1 saturated heterocycles. The van der Waals surface area contributed by atoms with Gasteiger partial charge in [0.1, 0.15) is 0 Å². The monoisotopic (exact) mass is 489 g/mol. The Hall–Kier alpha value is -3.17. The second-order valence-electron chi connectivity index (χ2n) is 8.22. The van der Waals surface area contributed by atoms with Crippen molar-refractivity contribution in [3.8, 4) is 0 Å². The van der Waals surface area contributed by atoms with Gasteiger partial charge in [0, 0.05) is 41.0 Å². The quantitative estimate of drug-likeness (QED) is 0.235. The molecule has 9 heteroatoms. The highest BCUT2D eigenvalue weighted by molar-refractivity contribution is 8.09. The maximum atomic E-state index is 4.58. The van der Waals surface area contributed by atoms with E-state index in [1.54, 1.807) is 18.0 Å². The standard InChI is InChI=1S/C25H27N7S2/c1-19-23(21-8-4-2-5-9-21)34-25(28-19,31-29-24-26-14-17-33-24)30-27-18-20-10-12-22(13-11-20)32-15-6-3-7-16-32/h2,4-5,8-14,17-18,28,30H,3,6-7,15-16H2,1H3. The van der Waals surface area contributed by atoms with Crippen LogP contribution < -0.4 is 15.6 Å². The van der Waals surface area contributed by atoms with E-state index in [1.165, 1.54) is 36.3 Å². The van der Waals surface area contributed by atoms with Crippen LogP contribution in [0.4, 0.5) is 10.8 Å². The van der Waals surface area contributed by atoms with Gasteiger partial charge >= 0.3 is 0 Å². The summed E-state index contributed by atoms with van der Waals surface area (Å²) >= 11 is 3.00. The number of allylic oxidation sites excluding steroid dienone is 1. The molecule has 3 heterocycles. The van der Waals surface area contributed by atoms with Gasteiger partial charge in [0.2, 0.25) is 5.13 Å². The summed E-state index contributed by atoms with van der Waals surface area (Å²) in [5.74, 6) is 0. The van der Waals surface area contributed by atoms with Gasteiger partial charge in [-0.15, -0.1) is 21.6 Å². The molecule has 0 aliphatic carbocycles. The average molecular weight is 490 g/mol. The maximum absolute atomic E-state index is 4.58. The Labute approximate surface area is 208 Å². The van der Waals surface area contributed by atoms with Gasteiger partial charge in [-0.2, -0.15) is 5.10 Å². The third-order valence-corrected chi connectivity index (χ3v) is 7.70. The first-order valence-corrected chi connectivity index (χ1v) is 13.1. The largest absolute Gasteiger partial charge is 0.372 e. The molecular formula is C25H27N7S2. The van der Waals surface area contributed by atoms with E-state index in [4.69, 9.17) is 0 Å². The zero-order valence-corrected chi connectivity index (χ0v) is 20.6. The van der Waals surface area contributed by atoms with Gasteiger partial charge in [0.25, 0.3) is 5.12 Å². The Morgan fingerprint density at radius 1 is 1.06 bits per heavy atom. The lowest BCUT2D eigenvalue weighted by atomic mass is 10.1. The predicted molar refractivity (Wildman–Crippen MR) is 142 cm³/mol. The molecule has 0 saturated carbocycles. The third kappa shape index (κ3) is 5.31. The number of nitrogens with one attached hydrogen (secondary N) is 2. The Morgan fingerprint density at radius 3 is 2.59 bits per heavy atom. The zero-order chi connectivity index (χ0) is 23.2. The maximum Gasteiger partial charge on any atom is 0.294 e. The van der Waals surface area contributed by atoms with Crippen molar-refractivity contribution < 1.29 is 0 Å². The molecular weight excluding hydrogens is 462 g/mol. The van der Waals surface area contributed by atoms with Crippen molar-refractivity contribution in [2.24, 2.45) is 15.3 Å². The van der Waals surface area contributed by atoms with E-state index in [-0.39, 0.29) is 0 Å². The van der Waals surface area contributed by atoms with Gasteiger partial charge in [0.15, 0.2) is 0 Å². The fourth-order valence-corrected chi connectivity index (χ4v) is 5.63. The summed E-state index contributed by atoms with van der Waals surface area (Å²) in [6, 6.07) is 18.8. The van der Waals surface area contributed by atoms with Crippen LogP contribution in [0.5, 0.6) is 0 Å². The highest BCUT2D eigenvalue weighted by atomic mass is 32.2. The summed E-state index contributed by atoms with van der Waals surface area (Å²) in [6.45, 7) is 4.32. The van der Waals surface area contributed by atoms with Crippen molar-refractivity contribution >= 4 is 45.0 Å². The van der Waals surface area contributed by atoms with Crippen LogP contribution in [0.1, 0.15) is 37.3 Å². The molecule has 0 radical (unpaired) electrons. The van der Waals surface area contributed by atoms with Crippen LogP contribution in [0, 0.1) is 0 Å². The number of anilines is 1. The molecule has 1 atom stereocenters. The van der Waals surface area contributed by atoms with Crippen LogP contribution in [0.2, 0.25) is 0 Å². The van der Waals surface area contributed by atoms with Crippen molar-refractivity contribution in [2.75, 3.05) is 18.0 Å². The lowest BCUT2D eigenvalue weighted by Crippen LogP contribution is -2.46. The number of hydrogen-bond acceptors (Lipinski definition) is 9. The first kappa shape index (κ1) is 22.6. The molecule has 2 aromatic carbocycles. The summed E-state index contributed by atoms with van der Waals surface area (Å²) in [7, 11) is 0. The first-order valence-electron chi connectivity index (χ1n) is 11.4. The smallest absolute Gasteiger partial charge is 0.294 e. The molecule has 0 bridgehead atoms. The summed E-state index contributed by atoms with van der Waals surface area (Å²) in [5.41, 5.74) is 7.65. The minimum absolute atomic E-state index is 0.603. The molecule has 2 aliphatic rings. The number of thiazole rings is 1. The van der Waals surface area contributed by atoms with Gasteiger partial charge in [-0.05, 0) is 61.2 Å². The highest BCUT2D eigenvalue weighted by Crippen LogP contribution is 2.44. The van der Waals surface area contributed by atoms with Crippen LogP contribution >= 0.6 is 23.1 Å². The molecule has 7 nitrogen and oxygen atoms in total. The number of rotatable bonds is 7. The van der Waals surface area contributed by atoms with E-state index in [0.717, 1.165) is 34.8 Å². The molecule has 3 aromatic rings. The topological polar surface area (TPSA) is 77.3 Å². The summed E-state index contributed by atoms with van der Waals surface area (Å²) in [5, 5.41) is 18.4. The fraction of sp³-hybridized carbons (Fsp3) is 0.280. The summed E-state index contributed by atoms with van der Waals surface area (Å²) in [4.78, 5) is 7.77. The van der Waals surface area contributed by atoms with E-state index in [2.05, 4.69) is 72.4 Å². The van der Waals surface area contributed by atoms with Gasteiger partial charge in [0.05, 0.1) is 6.21 Å². The number of nitrogens with zero attached hydrogens (tertiary/aromatic N) is 5. The molecule has 1 fully saturated rings. The van der Waals surface area contributed by atoms with Gasteiger partial charge < -0.3 is 10.2 Å². The van der Waals surface area contributed by atoms with E-state index >= 15 is 0 Å². The van der Waals surface area contributed by atoms with E-state index in [0.29, 0.717) is 5.13 Å². The minimum atomic E-state index is -0.953. The van der Waals surface area contributed by atoms with Gasteiger partial charge in [-0.25, -0.2) is 4.98 Å². The number of hydrogen-bond donors (Lipinski definition) is 2. The Kier molecular flexibility index (Phi) is 6.92. The number of thioether (sulfide) groups is 1. The second-order valence-corrected chi connectivity index (χ2v) is 10.3. The van der Waals surface area contributed by atoms with Crippen molar-refractivity contribution in [2.45, 2.75) is 31.3 Å². The number of azo groups is 1. The normalized spacial score (nSPS) is 20.9. The van der Waals surface area contributed by atoms with Gasteiger partial charge in [-0.1, -0.05) is 42.5 Å². The van der Waals surface area contributed by atoms with E-state index in [9.17, 15) is 0 Å². The average Bonchev–Trinajstić information content (AvgIpc) is 3.52. The first-order chi connectivity index (χ1) is 16.7. The van der Waals surface area contributed by atoms with Crippen molar-refractivity contribution in [1.82, 2.24) is 15.7 Å². The Balaban J connectivity index is 1.32. The molecule has 34 heavy (non-hydrogen) atoms. The molecule has 174 valence electrons. The van der Waals surface area contributed by atoms with Gasteiger partial charge in [-0.3, -0.25) is 5.43 Å². The third-order valence-electron chi connectivity index (χ3n) is 5.72. The number of benzene rings is 2. The lowest BCUT2D eigenvalue weighted by Gasteiger charge is -2.28. The van der Waals surface area contributed by atoms with Crippen LogP contribution in [-0.4, -0.2) is 29.4 Å². The van der Waals surface area contributed by atoms with Crippen molar-refractivity contribution in [3.63, 3.8) is 0 Å². The predicted octanol–water partition coefficient (Wildman–Crippen LogP) is 6.18. The minimum Gasteiger partial charge on any atom is -0.372 e. The molecule has 2 aliphatic heterocycles. The number of piperidine rings is 1. The SMILES string of the molecule is CC1=C(c2ccccc2)SC(N=Nc2nccs2)(NN=Cc2ccc(N3CCCCC3)cc2)N1. The number of aromatic nitrogens is 1. The van der Waals surface area contributed by atoms with Crippen LogP contribution in [-0.2, 0) is 0 Å². The summed E-state index contributed by atoms with van der Waals surface area (Å²) < 4.78 is 0. The molecule has 1 aromatic heterocycles. The Bertz CT molecular complexity index is 1170. The second kappa shape index (κ2) is 10.4. The van der Waals surface area contributed by atoms with Crippen molar-refractivity contribution in [3.05, 3.63) is 83.0 Å². The molecule has 1 unspecified atom stereocenters. The zero-order valence-electron chi connectivity index (χ0n) is 19.0. The van der Waals surface area contributed by atoms with Crippen molar-refractivity contribution in [1.29, 1.82) is 0 Å². The lowest BCUT2D eigenvalue weighted by molar-refractivity contribution is 0.434. The molecule has 0 amide bonds. The highest BCUT2D eigenvalue weighted by Gasteiger charge is 2.39. The van der Waals surface area contributed by atoms with Crippen LogP contribution in [0.3, 0.4) is 0 Å². The van der Waals surface area contributed by atoms with Crippen LogP contribution in [0.15, 0.2) is 87.2 Å². The Morgan fingerprint density at radius 2 is 1.85 bits per heavy atom.